The van der Waals surface area contributed by atoms with Crippen molar-refractivity contribution in [1.29, 1.82) is 0 Å². The summed E-state index contributed by atoms with van der Waals surface area (Å²) in [5.41, 5.74) is 2.69. The molecule has 106 valence electrons. The predicted octanol–water partition coefficient (Wildman–Crippen LogP) is 4.61. The fourth-order valence-electron chi connectivity index (χ4n) is 2.65. The summed E-state index contributed by atoms with van der Waals surface area (Å²) < 4.78 is 7.04. The number of hydrogen-bond donors (Lipinski definition) is 1. The van der Waals surface area contributed by atoms with Crippen molar-refractivity contribution in [1.82, 2.24) is 5.32 Å². The van der Waals surface area contributed by atoms with Gasteiger partial charge in [0.05, 0.1) is 6.61 Å². The van der Waals surface area contributed by atoms with E-state index < -0.39 is 0 Å². The second kappa shape index (κ2) is 7.30. The lowest BCUT2D eigenvalue weighted by atomic mass is 9.97. The molecule has 1 aliphatic heterocycles. The molecule has 0 fully saturated rings. The van der Waals surface area contributed by atoms with E-state index in [1.165, 1.54) is 41.3 Å². The minimum absolute atomic E-state index is 0.421. The van der Waals surface area contributed by atoms with Gasteiger partial charge in [0.2, 0.25) is 0 Å². The van der Waals surface area contributed by atoms with Gasteiger partial charge in [0.1, 0.15) is 5.75 Å². The fraction of sp³-hybridized carbons (Fsp3) is 0.625. The van der Waals surface area contributed by atoms with Crippen molar-refractivity contribution in [2.24, 2.45) is 0 Å². The molecule has 0 amide bonds. The first-order chi connectivity index (χ1) is 9.26. The van der Waals surface area contributed by atoms with Gasteiger partial charge in [-0.15, -0.1) is 0 Å². The van der Waals surface area contributed by atoms with E-state index in [1.807, 2.05) is 0 Å². The van der Waals surface area contributed by atoms with Crippen molar-refractivity contribution in [3.63, 3.8) is 0 Å². The molecule has 1 aliphatic rings. The van der Waals surface area contributed by atoms with Crippen molar-refractivity contribution >= 4 is 15.9 Å². The molecule has 2 nitrogen and oxygen atoms in total. The van der Waals surface area contributed by atoms with Crippen LogP contribution >= 0.6 is 15.9 Å². The maximum Gasteiger partial charge on any atom is 0.127 e. The van der Waals surface area contributed by atoms with Crippen molar-refractivity contribution in [3.8, 4) is 5.75 Å². The molecule has 1 atom stereocenters. The van der Waals surface area contributed by atoms with Crippen LogP contribution in [0.25, 0.3) is 0 Å². The summed E-state index contributed by atoms with van der Waals surface area (Å²) in [6.45, 7) is 6.35. The van der Waals surface area contributed by atoms with Crippen LogP contribution in [0.2, 0.25) is 0 Å². The fourth-order valence-corrected chi connectivity index (χ4v) is 3.17. The van der Waals surface area contributed by atoms with E-state index in [4.69, 9.17) is 4.74 Å². The molecule has 1 N–H and O–H groups in total. The molecule has 0 bridgehead atoms. The third-order valence-corrected chi connectivity index (χ3v) is 4.10. The highest BCUT2D eigenvalue weighted by Crippen LogP contribution is 2.37. The van der Waals surface area contributed by atoms with Crippen molar-refractivity contribution < 1.29 is 4.74 Å². The molecular formula is C16H24BrNO. The van der Waals surface area contributed by atoms with E-state index in [0.29, 0.717) is 6.04 Å². The van der Waals surface area contributed by atoms with Gasteiger partial charge in [0.15, 0.2) is 0 Å². The first kappa shape index (κ1) is 14.9. The number of nitrogens with one attached hydrogen (secondary N) is 1. The summed E-state index contributed by atoms with van der Waals surface area (Å²) in [6.07, 6.45) is 5.88. The lowest BCUT2D eigenvalue weighted by Crippen LogP contribution is -2.22. The van der Waals surface area contributed by atoms with Gasteiger partial charge in [-0.2, -0.15) is 0 Å². The van der Waals surface area contributed by atoms with Gasteiger partial charge in [-0.05, 0) is 37.1 Å². The van der Waals surface area contributed by atoms with E-state index >= 15 is 0 Å². The summed E-state index contributed by atoms with van der Waals surface area (Å²) in [6, 6.07) is 4.85. The van der Waals surface area contributed by atoms with Crippen LogP contribution in [-0.2, 0) is 6.42 Å². The molecular weight excluding hydrogens is 302 g/mol. The molecule has 0 saturated carbocycles. The number of hydrogen-bond acceptors (Lipinski definition) is 2. The number of rotatable bonds is 7. The maximum absolute atomic E-state index is 5.86. The Bertz CT molecular complexity index is 411. The molecule has 1 unspecified atom stereocenters. The van der Waals surface area contributed by atoms with E-state index in [0.717, 1.165) is 25.3 Å². The smallest absolute Gasteiger partial charge is 0.127 e. The Labute approximate surface area is 125 Å². The Morgan fingerprint density at radius 2 is 2.16 bits per heavy atom. The highest BCUT2D eigenvalue weighted by Gasteiger charge is 2.22. The topological polar surface area (TPSA) is 21.3 Å². The van der Waals surface area contributed by atoms with Gasteiger partial charge < -0.3 is 10.1 Å². The van der Waals surface area contributed by atoms with Crippen LogP contribution in [0.1, 0.15) is 56.7 Å². The SMILES string of the molecule is CCCCC(NCCC)c1cc(Br)cc2c1OCC2. The first-order valence-electron chi connectivity index (χ1n) is 7.44. The van der Waals surface area contributed by atoms with Gasteiger partial charge in [-0.1, -0.05) is 42.6 Å². The molecule has 1 heterocycles. The van der Waals surface area contributed by atoms with E-state index in [2.05, 4.69) is 47.2 Å². The third-order valence-electron chi connectivity index (χ3n) is 3.64. The van der Waals surface area contributed by atoms with E-state index in [9.17, 15) is 0 Å². The average Bonchev–Trinajstić information content (AvgIpc) is 2.86. The largest absolute Gasteiger partial charge is 0.493 e. The molecule has 1 aromatic carbocycles. The second-order valence-corrected chi connectivity index (χ2v) is 6.15. The quantitative estimate of drug-likeness (QED) is 0.790. The molecule has 0 saturated heterocycles. The molecule has 1 aromatic rings. The van der Waals surface area contributed by atoms with Crippen LogP contribution in [0.15, 0.2) is 16.6 Å². The molecule has 0 spiro atoms. The highest BCUT2D eigenvalue weighted by atomic mass is 79.9. The third kappa shape index (κ3) is 3.73. The zero-order valence-corrected chi connectivity index (χ0v) is 13.6. The molecule has 0 aromatic heterocycles. The summed E-state index contributed by atoms with van der Waals surface area (Å²) in [4.78, 5) is 0. The molecule has 0 radical (unpaired) electrons. The van der Waals surface area contributed by atoms with Crippen LogP contribution in [0.3, 0.4) is 0 Å². The Hall–Kier alpha value is -0.540. The van der Waals surface area contributed by atoms with Gasteiger partial charge in [0.25, 0.3) is 0 Å². The zero-order valence-electron chi connectivity index (χ0n) is 12.0. The number of fused-ring (bicyclic) bond motifs is 1. The summed E-state index contributed by atoms with van der Waals surface area (Å²) in [5.74, 6) is 1.13. The minimum Gasteiger partial charge on any atom is -0.493 e. The Balaban J connectivity index is 2.24. The summed E-state index contributed by atoms with van der Waals surface area (Å²) in [5, 5.41) is 3.68. The van der Waals surface area contributed by atoms with Gasteiger partial charge in [-0.3, -0.25) is 0 Å². The summed E-state index contributed by atoms with van der Waals surface area (Å²) >= 11 is 3.64. The Morgan fingerprint density at radius 1 is 1.32 bits per heavy atom. The average molecular weight is 326 g/mol. The van der Waals surface area contributed by atoms with Crippen molar-refractivity contribution in [2.45, 2.75) is 52.0 Å². The minimum atomic E-state index is 0.421. The number of ether oxygens (including phenoxy) is 1. The molecule has 3 heteroatoms. The van der Waals surface area contributed by atoms with Crippen LogP contribution in [-0.4, -0.2) is 13.2 Å². The lowest BCUT2D eigenvalue weighted by Gasteiger charge is -2.21. The van der Waals surface area contributed by atoms with Crippen molar-refractivity contribution in [2.75, 3.05) is 13.2 Å². The van der Waals surface area contributed by atoms with Gasteiger partial charge >= 0.3 is 0 Å². The molecule has 0 aliphatic carbocycles. The molecule has 19 heavy (non-hydrogen) atoms. The standard InChI is InChI=1S/C16H24BrNO/c1-3-5-6-15(18-8-4-2)14-11-13(17)10-12-7-9-19-16(12)14/h10-11,15,18H,3-9H2,1-2H3. The van der Waals surface area contributed by atoms with E-state index in [1.54, 1.807) is 0 Å². The van der Waals surface area contributed by atoms with Crippen LogP contribution in [0.4, 0.5) is 0 Å². The van der Waals surface area contributed by atoms with Gasteiger partial charge in [0, 0.05) is 22.5 Å². The monoisotopic (exact) mass is 325 g/mol. The number of unbranched alkanes of at least 4 members (excludes halogenated alkanes) is 1. The second-order valence-electron chi connectivity index (χ2n) is 5.23. The normalized spacial score (nSPS) is 15.1. The zero-order chi connectivity index (χ0) is 13.7. The number of benzene rings is 1. The van der Waals surface area contributed by atoms with Crippen LogP contribution < -0.4 is 10.1 Å². The van der Waals surface area contributed by atoms with Crippen molar-refractivity contribution in [3.05, 3.63) is 27.7 Å². The number of halogens is 1. The molecule has 2 rings (SSSR count). The Kier molecular flexibility index (Phi) is 5.71. The lowest BCUT2D eigenvalue weighted by molar-refractivity contribution is 0.346. The predicted molar refractivity (Wildman–Crippen MR) is 83.9 cm³/mol. The van der Waals surface area contributed by atoms with Crippen LogP contribution in [0, 0.1) is 0 Å². The maximum atomic E-state index is 5.86. The highest BCUT2D eigenvalue weighted by molar-refractivity contribution is 9.10. The van der Waals surface area contributed by atoms with Gasteiger partial charge in [-0.25, -0.2) is 0 Å². The summed E-state index contributed by atoms with van der Waals surface area (Å²) in [7, 11) is 0. The first-order valence-corrected chi connectivity index (χ1v) is 8.24. The Morgan fingerprint density at radius 3 is 2.89 bits per heavy atom. The van der Waals surface area contributed by atoms with E-state index in [-0.39, 0.29) is 0 Å². The van der Waals surface area contributed by atoms with Crippen LogP contribution in [0.5, 0.6) is 5.75 Å².